The largest absolute Gasteiger partial charge is 0.497 e. The fourth-order valence-electron chi connectivity index (χ4n) is 2.70. The first-order valence-corrected chi connectivity index (χ1v) is 8.46. The second kappa shape index (κ2) is 8.64. The van der Waals surface area contributed by atoms with E-state index in [-0.39, 0.29) is 18.1 Å². The molecule has 24 heavy (non-hydrogen) atoms. The van der Waals surface area contributed by atoms with Gasteiger partial charge in [0.2, 0.25) is 0 Å². The van der Waals surface area contributed by atoms with Crippen molar-refractivity contribution >= 4 is 16.8 Å². The Balaban J connectivity index is 2.11. The average Bonchev–Trinajstić information content (AvgIpc) is 2.58. The third kappa shape index (κ3) is 4.93. The molecule has 0 fully saturated rings. The molecule has 2 N–H and O–H groups in total. The van der Waals surface area contributed by atoms with Crippen molar-refractivity contribution in [2.45, 2.75) is 51.7 Å². The monoisotopic (exact) mass is 330 g/mol. The Kier molecular flexibility index (Phi) is 6.55. The summed E-state index contributed by atoms with van der Waals surface area (Å²) < 4.78 is 5.19. The number of pyridine rings is 1. The minimum atomic E-state index is -0.349. The molecule has 0 radical (unpaired) electrons. The molecular formula is C19H26N2O3. The van der Waals surface area contributed by atoms with Gasteiger partial charge < -0.3 is 15.2 Å². The van der Waals surface area contributed by atoms with Gasteiger partial charge in [0.05, 0.1) is 24.3 Å². The number of aliphatic hydroxyl groups excluding tert-OH is 1. The number of hydrogen-bond donors (Lipinski definition) is 2. The van der Waals surface area contributed by atoms with E-state index in [9.17, 15) is 9.90 Å². The number of carbonyl (C=O) groups excluding carboxylic acids is 1. The summed E-state index contributed by atoms with van der Waals surface area (Å²) in [4.78, 5) is 16.9. The van der Waals surface area contributed by atoms with Crippen LogP contribution in [0.1, 0.15) is 49.9 Å². The maximum atomic E-state index is 12.5. The first-order chi connectivity index (χ1) is 11.5. The van der Waals surface area contributed by atoms with Crippen LogP contribution in [0.4, 0.5) is 0 Å². The van der Waals surface area contributed by atoms with Crippen LogP contribution in [0.3, 0.4) is 0 Å². The van der Waals surface area contributed by atoms with Crippen LogP contribution in [-0.4, -0.2) is 35.3 Å². The van der Waals surface area contributed by atoms with Crippen LogP contribution in [0, 0.1) is 0 Å². The Morgan fingerprint density at radius 1 is 1.29 bits per heavy atom. The Morgan fingerprint density at radius 2 is 2.08 bits per heavy atom. The molecule has 0 saturated carbocycles. The van der Waals surface area contributed by atoms with Crippen molar-refractivity contribution in [2.24, 2.45) is 0 Å². The second-order valence-electron chi connectivity index (χ2n) is 6.17. The van der Waals surface area contributed by atoms with Crippen molar-refractivity contribution in [1.82, 2.24) is 10.3 Å². The molecule has 1 aromatic heterocycles. The number of amides is 1. The number of hydrogen-bond acceptors (Lipinski definition) is 4. The number of fused-ring (bicyclic) bond motifs is 1. The van der Waals surface area contributed by atoms with Crippen LogP contribution in [-0.2, 0) is 0 Å². The number of benzene rings is 1. The van der Waals surface area contributed by atoms with Crippen molar-refractivity contribution in [3.05, 3.63) is 36.0 Å². The molecule has 5 nitrogen and oxygen atoms in total. The Morgan fingerprint density at radius 3 is 2.75 bits per heavy atom. The summed E-state index contributed by atoms with van der Waals surface area (Å²) in [5, 5.41) is 13.4. The normalized spacial score (nSPS) is 13.5. The number of methoxy groups -OCH3 is 1. The molecule has 130 valence electrons. The smallest absolute Gasteiger partial charge is 0.253 e. The van der Waals surface area contributed by atoms with Gasteiger partial charge in [-0.25, -0.2) is 0 Å². The fraction of sp³-hybridized carbons (Fsp3) is 0.474. The zero-order valence-corrected chi connectivity index (χ0v) is 14.6. The van der Waals surface area contributed by atoms with Crippen LogP contribution >= 0.6 is 0 Å². The predicted molar refractivity (Wildman–Crippen MR) is 95.4 cm³/mol. The van der Waals surface area contributed by atoms with E-state index in [1.165, 1.54) is 0 Å². The van der Waals surface area contributed by atoms with Gasteiger partial charge >= 0.3 is 0 Å². The SMILES string of the molecule is CCC[C@@H](CC[C@@H](C)O)NC(=O)c1cnc2cc(OC)ccc2c1. The molecule has 2 rings (SSSR count). The van der Waals surface area contributed by atoms with Crippen LogP contribution in [0.5, 0.6) is 5.75 Å². The summed E-state index contributed by atoms with van der Waals surface area (Å²) in [6, 6.07) is 7.51. The number of ether oxygens (including phenoxy) is 1. The predicted octanol–water partition coefficient (Wildman–Crippen LogP) is 3.30. The van der Waals surface area contributed by atoms with Gasteiger partial charge in [-0.1, -0.05) is 13.3 Å². The van der Waals surface area contributed by atoms with Crippen LogP contribution in [0.15, 0.2) is 30.5 Å². The molecule has 2 atom stereocenters. The Hall–Kier alpha value is -2.14. The summed E-state index contributed by atoms with van der Waals surface area (Å²) in [5.41, 5.74) is 1.34. The minimum absolute atomic E-state index is 0.0728. The highest BCUT2D eigenvalue weighted by molar-refractivity contribution is 5.97. The molecule has 1 aromatic carbocycles. The lowest BCUT2D eigenvalue weighted by Gasteiger charge is -2.19. The number of aliphatic hydroxyl groups is 1. The fourth-order valence-corrected chi connectivity index (χ4v) is 2.70. The number of nitrogens with one attached hydrogen (secondary N) is 1. The molecule has 5 heteroatoms. The number of nitrogens with zero attached hydrogens (tertiary/aromatic N) is 1. The molecular weight excluding hydrogens is 304 g/mol. The first kappa shape index (κ1) is 18.2. The zero-order chi connectivity index (χ0) is 17.5. The number of aromatic nitrogens is 1. The van der Waals surface area contributed by atoms with Crippen LogP contribution in [0.25, 0.3) is 10.9 Å². The molecule has 0 aliphatic heterocycles. The Labute approximate surface area is 143 Å². The van der Waals surface area contributed by atoms with Crippen molar-refractivity contribution in [2.75, 3.05) is 7.11 Å². The van der Waals surface area contributed by atoms with E-state index in [0.29, 0.717) is 12.0 Å². The molecule has 0 aliphatic rings. The van der Waals surface area contributed by atoms with E-state index in [4.69, 9.17) is 4.74 Å². The van der Waals surface area contributed by atoms with Gasteiger partial charge in [0, 0.05) is 23.7 Å². The van der Waals surface area contributed by atoms with E-state index >= 15 is 0 Å². The summed E-state index contributed by atoms with van der Waals surface area (Å²) in [6.45, 7) is 3.86. The molecule has 0 aliphatic carbocycles. The van der Waals surface area contributed by atoms with Crippen molar-refractivity contribution in [3.8, 4) is 5.75 Å². The number of carbonyl (C=O) groups is 1. The van der Waals surface area contributed by atoms with Gasteiger partial charge in [-0.15, -0.1) is 0 Å². The van der Waals surface area contributed by atoms with E-state index < -0.39 is 0 Å². The lowest BCUT2D eigenvalue weighted by Crippen LogP contribution is -2.35. The van der Waals surface area contributed by atoms with Crippen LogP contribution in [0.2, 0.25) is 0 Å². The summed E-state index contributed by atoms with van der Waals surface area (Å²) in [7, 11) is 1.62. The molecule has 0 spiro atoms. The molecule has 1 amide bonds. The highest BCUT2D eigenvalue weighted by Gasteiger charge is 2.15. The molecule has 0 unspecified atom stereocenters. The first-order valence-electron chi connectivity index (χ1n) is 8.46. The van der Waals surface area contributed by atoms with Gasteiger partial charge in [0.15, 0.2) is 0 Å². The van der Waals surface area contributed by atoms with Gasteiger partial charge in [-0.3, -0.25) is 9.78 Å². The summed E-state index contributed by atoms with van der Waals surface area (Å²) in [5.74, 6) is 0.623. The third-order valence-electron chi connectivity index (χ3n) is 4.06. The molecule has 0 bridgehead atoms. The zero-order valence-electron chi connectivity index (χ0n) is 14.6. The lowest BCUT2D eigenvalue weighted by molar-refractivity contribution is 0.0925. The molecule has 1 heterocycles. The molecule has 0 saturated heterocycles. The van der Waals surface area contributed by atoms with Crippen molar-refractivity contribution < 1.29 is 14.6 Å². The highest BCUT2D eigenvalue weighted by atomic mass is 16.5. The van der Waals surface area contributed by atoms with Crippen molar-refractivity contribution in [3.63, 3.8) is 0 Å². The van der Waals surface area contributed by atoms with Gasteiger partial charge in [-0.2, -0.15) is 0 Å². The maximum absolute atomic E-state index is 12.5. The van der Waals surface area contributed by atoms with E-state index in [2.05, 4.69) is 17.2 Å². The third-order valence-corrected chi connectivity index (χ3v) is 4.06. The van der Waals surface area contributed by atoms with E-state index in [1.54, 1.807) is 20.2 Å². The summed E-state index contributed by atoms with van der Waals surface area (Å²) in [6.07, 6.45) is 4.58. The van der Waals surface area contributed by atoms with E-state index in [1.807, 2.05) is 24.3 Å². The summed E-state index contributed by atoms with van der Waals surface area (Å²) >= 11 is 0. The lowest BCUT2D eigenvalue weighted by atomic mass is 10.0. The quantitative estimate of drug-likeness (QED) is 0.779. The van der Waals surface area contributed by atoms with Gasteiger partial charge in [0.1, 0.15) is 5.75 Å². The van der Waals surface area contributed by atoms with Crippen molar-refractivity contribution in [1.29, 1.82) is 0 Å². The maximum Gasteiger partial charge on any atom is 0.253 e. The van der Waals surface area contributed by atoms with E-state index in [0.717, 1.165) is 35.9 Å². The minimum Gasteiger partial charge on any atom is -0.497 e. The number of rotatable bonds is 8. The highest BCUT2D eigenvalue weighted by Crippen LogP contribution is 2.20. The van der Waals surface area contributed by atoms with Gasteiger partial charge in [0.25, 0.3) is 5.91 Å². The second-order valence-corrected chi connectivity index (χ2v) is 6.17. The van der Waals surface area contributed by atoms with Gasteiger partial charge in [-0.05, 0) is 44.4 Å². The van der Waals surface area contributed by atoms with Crippen LogP contribution < -0.4 is 10.1 Å². The topological polar surface area (TPSA) is 71.5 Å². The standard InChI is InChI=1S/C19H26N2O3/c1-4-5-16(8-6-13(2)22)21-19(23)15-10-14-7-9-17(24-3)11-18(14)20-12-15/h7,9-13,16,22H,4-6,8H2,1-3H3,(H,21,23)/t13-,16+/m1/s1. The Bertz CT molecular complexity index is 685. The average molecular weight is 330 g/mol. The molecule has 2 aromatic rings.